The van der Waals surface area contributed by atoms with Gasteiger partial charge in [0.15, 0.2) is 11.5 Å². The Labute approximate surface area is 147 Å². The van der Waals surface area contributed by atoms with Gasteiger partial charge in [0.2, 0.25) is 0 Å². The van der Waals surface area contributed by atoms with E-state index in [4.69, 9.17) is 17.3 Å². The van der Waals surface area contributed by atoms with Crippen LogP contribution in [-0.2, 0) is 0 Å². The zero-order chi connectivity index (χ0) is 17.4. The zero-order valence-electron chi connectivity index (χ0n) is 12.9. The number of anilines is 1. The first-order chi connectivity index (χ1) is 12.2. The molecule has 0 bridgehead atoms. The van der Waals surface area contributed by atoms with Crippen LogP contribution in [0, 0.1) is 11.3 Å². The quantitative estimate of drug-likeness (QED) is 0.574. The lowest BCUT2D eigenvalue weighted by Crippen LogP contribution is -2.03. The molecule has 0 saturated carbocycles. The number of imidazole rings is 1. The first-order valence-corrected chi connectivity index (χ1v) is 7.81. The third-order valence-corrected chi connectivity index (χ3v) is 4.13. The van der Waals surface area contributed by atoms with Gasteiger partial charge in [-0.1, -0.05) is 41.9 Å². The first kappa shape index (κ1) is 15.1. The summed E-state index contributed by atoms with van der Waals surface area (Å²) in [5.41, 5.74) is 10.1. The molecule has 0 atom stereocenters. The Morgan fingerprint density at radius 3 is 2.56 bits per heavy atom. The average Bonchev–Trinajstić information content (AvgIpc) is 3.11. The van der Waals surface area contributed by atoms with Crippen molar-refractivity contribution < 1.29 is 0 Å². The highest BCUT2D eigenvalue weighted by Crippen LogP contribution is 2.34. The Kier molecular flexibility index (Phi) is 3.56. The molecule has 0 radical (unpaired) electrons. The lowest BCUT2D eigenvalue weighted by molar-refractivity contribution is 1.18. The Balaban J connectivity index is 2.03. The maximum Gasteiger partial charge on any atom is 0.183 e. The van der Waals surface area contributed by atoms with Crippen molar-refractivity contribution in [2.24, 2.45) is 0 Å². The molecule has 2 heterocycles. The lowest BCUT2D eigenvalue weighted by Gasteiger charge is -2.11. The summed E-state index contributed by atoms with van der Waals surface area (Å²) in [6.45, 7) is 0. The van der Waals surface area contributed by atoms with Gasteiger partial charge in [0, 0.05) is 11.1 Å². The molecule has 0 amide bonds. The number of aromatic nitrogens is 4. The van der Waals surface area contributed by atoms with Gasteiger partial charge < -0.3 is 10.7 Å². The third kappa shape index (κ3) is 2.57. The van der Waals surface area contributed by atoms with E-state index in [1.807, 2.05) is 42.5 Å². The molecule has 0 unspecified atom stereocenters. The van der Waals surface area contributed by atoms with Crippen molar-refractivity contribution in [3.63, 3.8) is 0 Å². The van der Waals surface area contributed by atoms with Crippen molar-refractivity contribution in [1.29, 1.82) is 5.26 Å². The SMILES string of the molecule is N#Cc1nc(-c2cc(Cl)c3[nH]cnc3c2)c(-c2ccccc2)nc1N. The van der Waals surface area contributed by atoms with Gasteiger partial charge in [-0.2, -0.15) is 5.26 Å². The number of aromatic amines is 1. The molecule has 0 aliphatic carbocycles. The van der Waals surface area contributed by atoms with Crippen molar-refractivity contribution in [3.05, 3.63) is 59.5 Å². The lowest BCUT2D eigenvalue weighted by atomic mass is 10.0. The number of benzene rings is 2. The third-order valence-electron chi connectivity index (χ3n) is 3.83. The second-order valence-corrected chi connectivity index (χ2v) is 5.79. The molecule has 0 spiro atoms. The van der Waals surface area contributed by atoms with E-state index in [2.05, 4.69) is 19.9 Å². The number of hydrogen-bond acceptors (Lipinski definition) is 5. The number of nitrogens with one attached hydrogen (secondary N) is 1. The van der Waals surface area contributed by atoms with E-state index in [1.165, 1.54) is 0 Å². The van der Waals surface area contributed by atoms with Crippen molar-refractivity contribution in [1.82, 2.24) is 19.9 Å². The monoisotopic (exact) mass is 346 g/mol. The standard InChI is InChI=1S/C18H11ClN6/c19-12-6-11(7-13-17(12)23-9-22-13)16-15(10-4-2-1-3-5-10)25-18(21)14(8-20)24-16/h1-7,9H,(H2,21,25)(H,22,23). The van der Waals surface area contributed by atoms with Crippen LogP contribution in [0.3, 0.4) is 0 Å². The topological polar surface area (TPSA) is 104 Å². The van der Waals surface area contributed by atoms with E-state index in [-0.39, 0.29) is 11.5 Å². The van der Waals surface area contributed by atoms with E-state index >= 15 is 0 Å². The minimum absolute atomic E-state index is 0.0768. The van der Waals surface area contributed by atoms with Crippen molar-refractivity contribution in [2.45, 2.75) is 0 Å². The highest BCUT2D eigenvalue weighted by atomic mass is 35.5. The maximum absolute atomic E-state index is 9.27. The molecule has 2 aromatic heterocycles. The molecular formula is C18H11ClN6. The number of H-pyrrole nitrogens is 1. The van der Waals surface area contributed by atoms with E-state index in [0.717, 1.165) is 11.1 Å². The number of nitrogens with zero attached hydrogens (tertiary/aromatic N) is 4. The smallest absolute Gasteiger partial charge is 0.183 e. The minimum atomic E-state index is 0.0768. The van der Waals surface area contributed by atoms with E-state index in [0.29, 0.717) is 27.5 Å². The van der Waals surface area contributed by atoms with Crippen LogP contribution >= 0.6 is 11.6 Å². The first-order valence-electron chi connectivity index (χ1n) is 7.43. The van der Waals surface area contributed by atoms with Crippen LogP contribution in [0.15, 0.2) is 48.8 Å². The molecule has 0 aliphatic heterocycles. The molecule has 3 N–H and O–H groups in total. The fourth-order valence-electron chi connectivity index (χ4n) is 2.67. The molecule has 25 heavy (non-hydrogen) atoms. The van der Waals surface area contributed by atoms with Gasteiger partial charge in [-0.25, -0.2) is 15.0 Å². The summed E-state index contributed by atoms with van der Waals surface area (Å²) in [5.74, 6) is 0.0945. The highest BCUT2D eigenvalue weighted by molar-refractivity contribution is 6.35. The van der Waals surface area contributed by atoms with Crippen LogP contribution in [0.4, 0.5) is 5.82 Å². The van der Waals surface area contributed by atoms with Crippen LogP contribution in [0.2, 0.25) is 5.02 Å². The Hall–Kier alpha value is -3.43. The molecule has 2 aromatic carbocycles. The summed E-state index contributed by atoms with van der Waals surface area (Å²) >= 11 is 6.35. The summed E-state index contributed by atoms with van der Waals surface area (Å²) < 4.78 is 0. The molecule has 6 nitrogen and oxygen atoms in total. The normalized spacial score (nSPS) is 10.7. The molecular weight excluding hydrogens is 336 g/mol. The fraction of sp³-hybridized carbons (Fsp3) is 0. The van der Waals surface area contributed by atoms with E-state index < -0.39 is 0 Å². The highest BCUT2D eigenvalue weighted by Gasteiger charge is 2.17. The fourth-order valence-corrected chi connectivity index (χ4v) is 2.94. The second kappa shape index (κ2) is 5.89. The molecule has 4 rings (SSSR count). The average molecular weight is 347 g/mol. The Bertz CT molecular complexity index is 1130. The van der Waals surface area contributed by atoms with Gasteiger partial charge in [0.25, 0.3) is 0 Å². The molecule has 0 fully saturated rings. The second-order valence-electron chi connectivity index (χ2n) is 5.39. The summed E-state index contributed by atoms with van der Waals surface area (Å²) in [6, 6.07) is 15.1. The number of halogens is 1. The van der Waals surface area contributed by atoms with Crippen molar-refractivity contribution >= 4 is 28.5 Å². The number of rotatable bonds is 2. The number of nitriles is 1. The number of nitrogens with two attached hydrogens (primary N) is 1. The van der Waals surface area contributed by atoms with Gasteiger partial charge in [-0.05, 0) is 12.1 Å². The summed E-state index contributed by atoms with van der Waals surface area (Å²) in [4.78, 5) is 16.1. The minimum Gasteiger partial charge on any atom is -0.381 e. The molecule has 0 saturated heterocycles. The van der Waals surface area contributed by atoms with Gasteiger partial charge in [-0.15, -0.1) is 0 Å². The van der Waals surface area contributed by atoms with Crippen LogP contribution in [-0.4, -0.2) is 19.9 Å². The molecule has 4 aromatic rings. The van der Waals surface area contributed by atoms with Crippen LogP contribution in [0.5, 0.6) is 0 Å². The Morgan fingerprint density at radius 1 is 1.04 bits per heavy atom. The zero-order valence-corrected chi connectivity index (χ0v) is 13.6. The number of fused-ring (bicyclic) bond motifs is 1. The predicted octanol–water partition coefficient (Wildman–Crippen LogP) is 3.79. The Morgan fingerprint density at radius 2 is 1.80 bits per heavy atom. The molecule has 0 aliphatic rings. The van der Waals surface area contributed by atoms with Gasteiger partial charge in [-0.3, -0.25) is 0 Å². The van der Waals surface area contributed by atoms with Crippen LogP contribution < -0.4 is 5.73 Å². The summed E-state index contributed by atoms with van der Waals surface area (Å²) in [6.07, 6.45) is 1.58. The molecule has 120 valence electrons. The molecule has 7 heteroatoms. The van der Waals surface area contributed by atoms with E-state index in [9.17, 15) is 5.26 Å². The van der Waals surface area contributed by atoms with Crippen molar-refractivity contribution in [3.8, 4) is 28.6 Å². The number of nitrogen functional groups attached to an aromatic ring is 1. The van der Waals surface area contributed by atoms with Gasteiger partial charge in [0.05, 0.1) is 33.8 Å². The van der Waals surface area contributed by atoms with Crippen LogP contribution in [0.25, 0.3) is 33.5 Å². The summed E-state index contributed by atoms with van der Waals surface area (Å²) in [5, 5.41) is 9.78. The van der Waals surface area contributed by atoms with Crippen molar-refractivity contribution in [2.75, 3.05) is 5.73 Å². The van der Waals surface area contributed by atoms with Gasteiger partial charge in [0.1, 0.15) is 6.07 Å². The number of hydrogen-bond donors (Lipinski definition) is 2. The van der Waals surface area contributed by atoms with Gasteiger partial charge >= 0.3 is 0 Å². The largest absolute Gasteiger partial charge is 0.381 e. The summed E-state index contributed by atoms with van der Waals surface area (Å²) in [7, 11) is 0. The van der Waals surface area contributed by atoms with E-state index in [1.54, 1.807) is 12.4 Å². The maximum atomic E-state index is 9.27. The predicted molar refractivity (Wildman–Crippen MR) is 96.7 cm³/mol. The van der Waals surface area contributed by atoms with Crippen LogP contribution in [0.1, 0.15) is 5.69 Å².